The Morgan fingerprint density at radius 2 is 1.96 bits per heavy atom. The fraction of sp³-hybridized carbons (Fsp3) is 0.250. The minimum absolute atomic E-state index is 0.228. The van der Waals surface area contributed by atoms with E-state index in [2.05, 4.69) is 43.4 Å². The summed E-state index contributed by atoms with van der Waals surface area (Å²) in [6.07, 6.45) is 7.41. The minimum atomic E-state index is -0.228. The number of nitrogen functional groups attached to an aromatic ring is 1. The van der Waals surface area contributed by atoms with Gasteiger partial charge >= 0.3 is 0 Å². The molecule has 0 saturated carbocycles. The highest BCUT2D eigenvalue weighted by atomic mass is 15.3. The van der Waals surface area contributed by atoms with Crippen LogP contribution in [-0.2, 0) is 5.54 Å². The molecular formula is C20H23N5. The van der Waals surface area contributed by atoms with Gasteiger partial charge in [-0.2, -0.15) is 5.10 Å². The Morgan fingerprint density at radius 1 is 1.20 bits per heavy atom. The molecule has 128 valence electrons. The van der Waals surface area contributed by atoms with Crippen molar-refractivity contribution in [2.24, 2.45) is 0 Å². The first-order valence-corrected chi connectivity index (χ1v) is 8.26. The zero-order valence-electron chi connectivity index (χ0n) is 15.1. The summed E-state index contributed by atoms with van der Waals surface area (Å²) in [5.74, 6) is 0.436. The van der Waals surface area contributed by atoms with Gasteiger partial charge in [0.25, 0.3) is 0 Å². The number of nitrogens with two attached hydrogens (primary N) is 1. The van der Waals surface area contributed by atoms with Gasteiger partial charge in [0.05, 0.1) is 10.9 Å². The quantitative estimate of drug-likeness (QED) is 0.766. The summed E-state index contributed by atoms with van der Waals surface area (Å²) in [5, 5.41) is 5.66. The molecule has 0 amide bonds. The van der Waals surface area contributed by atoms with Crippen LogP contribution < -0.4 is 5.73 Å². The van der Waals surface area contributed by atoms with E-state index in [1.807, 2.05) is 42.0 Å². The number of hydrogen-bond donors (Lipinski definition) is 1. The Kier molecular flexibility index (Phi) is 4.17. The third-order valence-corrected chi connectivity index (χ3v) is 4.08. The van der Waals surface area contributed by atoms with E-state index in [-0.39, 0.29) is 5.54 Å². The summed E-state index contributed by atoms with van der Waals surface area (Å²) >= 11 is 0. The van der Waals surface area contributed by atoms with Gasteiger partial charge in [0.1, 0.15) is 17.8 Å². The van der Waals surface area contributed by atoms with Crippen molar-refractivity contribution in [3.05, 3.63) is 48.3 Å². The summed E-state index contributed by atoms with van der Waals surface area (Å²) in [7, 11) is 0. The van der Waals surface area contributed by atoms with Crippen molar-refractivity contribution < 1.29 is 0 Å². The zero-order valence-corrected chi connectivity index (χ0v) is 15.1. The van der Waals surface area contributed by atoms with Crippen LogP contribution in [0.2, 0.25) is 0 Å². The van der Waals surface area contributed by atoms with Gasteiger partial charge in [0, 0.05) is 5.56 Å². The zero-order chi connectivity index (χ0) is 18.2. The topological polar surface area (TPSA) is 69.6 Å². The standard InChI is InChI=1S/C20H23N5/c1-6-9-14-13(7-2)10-8-11-15(14)17-16-18(21)22-12-23-19(16)25(24-17)20(3,4)5/h6-12H,2H2,1,3-5H3,(H2,21,22,23)/b9-6-. The predicted molar refractivity (Wildman–Crippen MR) is 105 cm³/mol. The number of anilines is 1. The second kappa shape index (κ2) is 6.16. The smallest absolute Gasteiger partial charge is 0.164 e. The number of allylic oxidation sites excluding steroid dienone is 1. The maximum absolute atomic E-state index is 6.20. The molecule has 3 aromatic rings. The molecule has 0 aliphatic rings. The maximum atomic E-state index is 6.20. The van der Waals surface area contributed by atoms with Crippen molar-refractivity contribution in [2.45, 2.75) is 33.2 Å². The predicted octanol–water partition coefficient (Wildman–Crippen LogP) is 4.51. The van der Waals surface area contributed by atoms with Crippen LogP contribution in [0.15, 0.2) is 37.2 Å². The lowest BCUT2D eigenvalue weighted by molar-refractivity contribution is 0.367. The van der Waals surface area contributed by atoms with Gasteiger partial charge in [0.2, 0.25) is 0 Å². The normalized spacial score (nSPS) is 12.2. The first-order chi connectivity index (χ1) is 11.9. The first-order valence-electron chi connectivity index (χ1n) is 8.26. The summed E-state index contributed by atoms with van der Waals surface area (Å²) < 4.78 is 1.91. The van der Waals surface area contributed by atoms with E-state index in [1.165, 1.54) is 6.33 Å². The molecule has 0 atom stereocenters. The molecule has 0 spiro atoms. The van der Waals surface area contributed by atoms with Crippen LogP contribution in [0.3, 0.4) is 0 Å². The largest absolute Gasteiger partial charge is 0.383 e. The van der Waals surface area contributed by atoms with Crippen molar-refractivity contribution >= 4 is 29.0 Å². The third-order valence-electron chi connectivity index (χ3n) is 4.08. The first kappa shape index (κ1) is 16.9. The molecule has 0 aliphatic carbocycles. The van der Waals surface area contributed by atoms with E-state index in [0.717, 1.165) is 33.4 Å². The molecule has 5 heteroatoms. The lowest BCUT2D eigenvalue weighted by Crippen LogP contribution is -2.23. The van der Waals surface area contributed by atoms with Crippen LogP contribution in [0, 0.1) is 0 Å². The molecule has 2 heterocycles. The molecule has 0 bridgehead atoms. The van der Waals surface area contributed by atoms with E-state index in [9.17, 15) is 0 Å². The lowest BCUT2D eigenvalue weighted by Gasteiger charge is -2.19. The Balaban J connectivity index is 2.44. The van der Waals surface area contributed by atoms with E-state index in [4.69, 9.17) is 10.8 Å². The summed E-state index contributed by atoms with van der Waals surface area (Å²) in [5.41, 5.74) is 10.6. The number of aromatic nitrogens is 4. The molecule has 3 rings (SSSR count). The molecule has 25 heavy (non-hydrogen) atoms. The number of nitrogens with zero attached hydrogens (tertiary/aromatic N) is 4. The number of rotatable bonds is 3. The van der Waals surface area contributed by atoms with Crippen LogP contribution in [-0.4, -0.2) is 19.7 Å². The van der Waals surface area contributed by atoms with Gasteiger partial charge in [-0.1, -0.05) is 43.0 Å². The van der Waals surface area contributed by atoms with E-state index >= 15 is 0 Å². The fourth-order valence-electron chi connectivity index (χ4n) is 2.95. The highest BCUT2D eigenvalue weighted by Gasteiger charge is 2.24. The Labute approximate surface area is 147 Å². The average Bonchev–Trinajstić information content (AvgIpc) is 2.96. The molecule has 0 fully saturated rings. The maximum Gasteiger partial charge on any atom is 0.164 e. The van der Waals surface area contributed by atoms with Crippen LogP contribution >= 0.6 is 0 Å². The van der Waals surface area contributed by atoms with Crippen molar-refractivity contribution in [1.29, 1.82) is 0 Å². The highest BCUT2D eigenvalue weighted by molar-refractivity contribution is 6.00. The third kappa shape index (κ3) is 2.82. The fourth-order valence-corrected chi connectivity index (χ4v) is 2.95. The lowest BCUT2D eigenvalue weighted by atomic mass is 9.97. The summed E-state index contributed by atoms with van der Waals surface area (Å²) in [6.45, 7) is 12.2. The van der Waals surface area contributed by atoms with Crippen molar-refractivity contribution in [3.8, 4) is 11.3 Å². The molecule has 0 radical (unpaired) electrons. The number of hydrogen-bond acceptors (Lipinski definition) is 4. The van der Waals surface area contributed by atoms with Gasteiger partial charge in [0.15, 0.2) is 5.65 Å². The van der Waals surface area contributed by atoms with Crippen molar-refractivity contribution in [1.82, 2.24) is 19.7 Å². The second-order valence-electron chi connectivity index (χ2n) is 6.90. The van der Waals surface area contributed by atoms with Gasteiger partial charge in [-0.25, -0.2) is 14.6 Å². The SMILES string of the molecule is C=Cc1cccc(-c2nn(C(C)(C)C)c3ncnc(N)c23)c1/C=C\C. The number of fused-ring (bicyclic) bond motifs is 1. The van der Waals surface area contributed by atoms with Crippen molar-refractivity contribution in [3.63, 3.8) is 0 Å². The Morgan fingerprint density at radius 3 is 2.60 bits per heavy atom. The molecule has 1 aromatic carbocycles. The molecular weight excluding hydrogens is 310 g/mol. The summed E-state index contributed by atoms with van der Waals surface area (Å²) in [6, 6.07) is 6.08. The van der Waals surface area contributed by atoms with Gasteiger partial charge in [-0.15, -0.1) is 0 Å². The molecule has 5 nitrogen and oxygen atoms in total. The van der Waals surface area contributed by atoms with Gasteiger partial charge < -0.3 is 5.73 Å². The minimum Gasteiger partial charge on any atom is -0.383 e. The Hall–Kier alpha value is -2.95. The molecule has 0 aliphatic heterocycles. The summed E-state index contributed by atoms with van der Waals surface area (Å²) in [4.78, 5) is 8.63. The molecule has 2 aromatic heterocycles. The van der Waals surface area contributed by atoms with Crippen LogP contribution in [0.4, 0.5) is 5.82 Å². The second-order valence-corrected chi connectivity index (χ2v) is 6.90. The van der Waals surface area contributed by atoms with Gasteiger partial charge in [-0.05, 0) is 38.8 Å². The van der Waals surface area contributed by atoms with E-state index in [0.29, 0.717) is 5.82 Å². The molecule has 0 saturated heterocycles. The average molecular weight is 333 g/mol. The van der Waals surface area contributed by atoms with Crippen LogP contribution in [0.25, 0.3) is 34.4 Å². The van der Waals surface area contributed by atoms with E-state index in [1.54, 1.807) is 0 Å². The van der Waals surface area contributed by atoms with Crippen LogP contribution in [0.1, 0.15) is 38.8 Å². The highest BCUT2D eigenvalue weighted by Crippen LogP contribution is 2.36. The number of benzene rings is 1. The molecule has 2 N–H and O–H groups in total. The molecule has 0 unspecified atom stereocenters. The monoisotopic (exact) mass is 333 g/mol. The van der Waals surface area contributed by atoms with Crippen LogP contribution in [0.5, 0.6) is 0 Å². The van der Waals surface area contributed by atoms with Crippen molar-refractivity contribution in [2.75, 3.05) is 5.73 Å². The Bertz CT molecular complexity index is 974. The van der Waals surface area contributed by atoms with Gasteiger partial charge in [-0.3, -0.25) is 0 Å². The van der Waals surface area contributed by atoms with E-state index < -0.39 is 0 Å².